The van der Waals surface area contributed by atoms with Gasteiger partial charge in [-0.05, 0) is 122 Å². The van der Waals surface area contributed by atoms with Crippen LogP contribution in [0.4, 0.5) is 4.79 Å². The van der Waals surface area contributed by atoms with Crippen molar-refractivity contribution >= 4 is 44.6 Å². The van der Waals surface area contributed by atoms with Crippen LogP contribution >= 0.6 is 0 Å². The number of sulfonamides is 1. The molecule has 1 aromatic heterocycles. The highest BCUT2D eigenvalue weighted by Gasteiger charge is 2.63. The molecule has 1 aromatic carbocycles. The Kier molecular flexibility index (Phi) is 13.4. The van der Waals surface area contributed by atoms with Gasteiger partial charge in [-0.1, -0.05) is 39.8 Å². The normalized spacial score (nSPS) is 28.9. The van der Waals surface area contributed by atoms with E-state index in [1.54, 1.807) is 33.9 Å². The molecule has 0 bridgehead atoms. The fourth-order valence-electron chi connectivity index (χ4n) is 7.76. The van der Waals surface area contributed by atoms with E-state index in [0.717, 1.165) is 11.8 Å². The third-order valence-corrected chi connectivity index (χ3v) is 13.4. The Balaban J connectivity index is 0.00000252. The average molecular weight is 832 g/mol. The number of fused-ring (bicyclic) bond motifs is 3. The van der Waals surface area contributed by atoms with Gasteiger partial charge in [-0.15, -0.1) is 0 Å². The highest BCUT2D eigenvalue weighted by molar-refractivity contribution is 7.91. The minimum atomic E-state index is -4.00. The van der Waals surface area contributed by atoms with Crippen molar-refractivity contribution in [3.63, 3.8) is 0 Å². The van der Waals surface area contributed by atoms with E-state index in [0.29, 0.717) is 42.7 Å². The van der Waals surface area contributed by atoms with Crippen molar-refractivity contribution in [1.82, 2.24) is 25.2 Å². The Hall–Kier alpha value is -4.40. The molecule has 15 heteroatoms. The highest BCUT2D eigenvalue weighted by Crippen LogP contribution is 2.47. The number of amides is 4. The van der Waals surface area contributed by atoms with Crippen LogP contribution in [0.3, 0.4) is 0 Å². The van der Waals surface area contributed by atoms with E-state index in [1.807, 2.05) is 71.0 Å². The molecule has 4 amide bonds. The molecule has 58 heavy (non-hydrogen) atoms. The van der Waals surface area contributed by atoms with E-state index in [-0.39, 0.29) is 41.6 Å². The summed E-state index contributed by atoms with van der Waals surface area (Å²) in [5, 5.41) is 7.27. The summed E-state index contributed by atoms with van der Waals surface area (Å²) in [6, 6.07) is 5.24. The largest absolute Gasteiger partial charge is 0.491 e. The quantitative estimate of drug-likeness (QED) is 0.236. The van der Waals surface area contributed by atoms with Crippen LogP contribution in [-0.4, -0.2) is 88.8 Å². The zero-order valence-electron chi connectivity index (χ0n) is 35.7. The van der Waals surface area contributed by atoms with Crippen molar-refractivity contribution in [3.05, 3.63) is 42.6 Å². The summed E-state index contributed by atoms with van der Waals surface area (Å²) in [5.74, 6) is -1.55. The third-order valence-electron chi connectivity index (χ3n) is 11.3. The van der Waals surface area contributed by atoms with E-state index in [2.05, 4.69) is 27.3 Å². The number of nitrogens with zero attached hydrogens (tertiary/aromatic N) is 2. The summed E-state index contributed by atoms with van der Waals surface area (Å²) < 4.78 is 45.6. The smallest absolute Gasteiger partial charge is 0.408 e. The lowest BCUT2D eigenvalue weighted by atomic mass is 9.88. The number of nitrogens with one attached hydrogen (secondary N) is 3. The van der Waals surface area contributed by atoms with Gasteiger partial charge in [-0.25, -0.2) is 18.2 Å². The van der Waals surface area contributed by atoms with Crippen LogP contribution in [-0.2, 0) is 29.1 Å². The van der Waals surface area contributed by atoms with Crippen LogP contribution in [0.1, 0.15) is 118 Å². The molecule has 6 rings (SSSR count). The van der Waals surface area contributed by atoms with Gasteiger partial charge >= 0.3 is 6.09 Å². The predicted molar refractivity (Wildman–Crippen MR) is 228 cm³/mol. The number of carbonyl (C=O) groups is 4. The topological polar surface area (TPSA) is 182 Å². The Bertz CT molecular complexity index is 2010. The minimum absolute atomic E-state index is 0. The SMILES string of the molecule is CC.CC(C)Oc1ccc2c(O[C@@H]3C[C@H]4C(=O)N[C@]5(C(=O)NS(=O)(=O)C6(C)CC6)C[C@H]5/C=C\CC[C@H](C)C[C@@H](C)[C@H](NC(=O)OC(C)(C)C)C(=O)N4C3)nccc2c1.[HH].[HH].[HH]. The predicted octanol–water partition coefficient (Wildman–Crippen LogP) is 6.91. The first-order valence-corrected chi connectivity index (χ1v) is 22.3. The molecule has 0 spiro atoms. The van der Waals surface area contributed by atoms with E-state index >= 15 is 0 Å². The molecule has 3 fully saturated rings. The maximum atomic E-state index is 14.8. The summed E-state index contributed by atoms with van der Waals surface area (Å²) in [7, 11) is -4.00. The molecule has 4 aliphatic rings. The van der Waals surface area contributed by atoms with Crippen LogP contribution in [0.5, 0.6) is 11.6 Å². The van der Waals surface area contributed by atoms with Crippen LogP contribution in [0.2, 0.25) is 0 Å². The molecule has 2 saturated carbocycles. The molecule has 14 nitrogen and oxygen atoms in total. The van der Waals surface area contributed by atoms with Crippen LogP contribution in [0.15, 0.2) is 42.6 Å². The summed E-state index contributed by atoms with van der Waals surface area (Å²) in [4.78, 5) is 62.4. The lowest BCUT2D eigenvalue weighted by molar-refractivity contribution is -0.142. The van der Waals surface area contributed by atoms with Crippen molar-refractivity contribution in [2.24, 2.45) is 17.8 Å². The Morgan fingerprint density at radius 2 is 1.79 bits per heavy atom. The number of ether oxygens (including phenoxy) is 3. The number of rotatable bonds is 8. The third kappa shape index (κ3) is 10.2. The number of hydrogen-bond donors (Lipinski definition) is 3. The zero-order valence-corrected chi connectivity index (χ0v) is 36.5. The van der Waals surface area contributed by atoms with Crippen LogP contribution in [0.25, 0.3) is 10.8 Å². The Morgan fingerprint density at radius 3 is 2.45 bits per heavy atom. The van der Waals surface area contributed by atoms with Crippen molar-refractivity contribution in [2.45, 2.75) is 154 Å². The summed E-state index contributed by atoms with van der Waals surface area (Å²) in [6.07, 6.45) is 7.13. The molecule has 1 saturated heterocycles. The van der Waals surface area contributed by atoms with Gasteiger partial charge in [0.25, 0.3) is 5.91 Å². The molecule has 326 valence electrons. The molecule has 3 N–H and O–H groups in total. The second-order valence-electron chi connectivity index (χ2n) is 17.8. The maximum Gasteiger partial charge on any atom is 0.408 e. The van der Waals surface area contributed by atoms with E-state index in [1.165, 1.54) is 4.90 Å². The summed E-state index contributed by atoms with van der Waals surface area (Å²) in [6.45, 7) is 18.6. The molecule has 3 heterocycles. The number of benzene rings is 1. The van der Waals surface area contributed by atoms with Gasteiger partial charge in [0, 0.05) is 28.2 Å². The molecular weight excluding hydrogens is 763 g/mol. The Labute approximate surface area is 348 Å². The summed E-state index contributed by atoms with van der Waals surface area (Å²) >= 11 is 0. The first-order chi connectivity index (χ1) is 27.2. The minimum Gasteiger partial charge on any atom is -0.491 e. The molecule has 2 aliphatic carbocycles. The molecule has 0 radical (unpaired) electrons. The fourth-order valence-corrected chi connectivity index (χ4v) is 9.07. The fraction of sp³-hybridized carbons (Fsp3) is 0.651. The number of carbonyl (C=O) groups excluding carboxylic acids is 4. The van der Waals surface area contributed by atoms with Gasteiger partial charge in [0.15, 0.2) is 0 Å². The van der Waals surface area contributed by atoms with Crippen molar-refractivity contribution in [2.75, 3.05) is 6.54 Å². The zero-order chi connectivity index (χ0) is 42.8. The standard InChI is InChI=1S/C41H57N5O9S.C2H6.3H2/c1-24(2)53-29-13-14-31-27(20-29)15-18-42-35(31)54-30-21-32-34(47)44-41(37(49)45-56(51,52)40(8)16-17-40)22-28(41)12-10-9-11-25(3)19-26(4)33(36(48)46(32)23-30)43-38(50)55-39(5,6)7;1-2;;;/h10,12-15,18,20,24-26,28,30,32-33H,9,11,16-17,19,21-23H2,1-8H3,(H,43,50)(H,44,47)(H,45,49);1-2H3;3*1H/b12-10-;;;;/t25-,26+,28+,30+,32-,33-,41+;;;;/m0..../s1. The average Bonchev–Trinajstić information content (AvgIpc) is 4.02. The second kappa shape index (κ2) is 17.4. The van der Waals surface area contributed by atoms with Crippen molar-refractivity contribution in [1.29, 1.82) is 0 Å². The molecule has 0 unspecified atom stereocenters. The first-order valence-electron chi connectivity index (χ1n) is 20.8. The number of alkyl carbamates (subject to hydrolysis) is 1. The molecule has 7 atom stereocenters. The lowest BCUT2D eigenvalue weighted by Crippen LogP contribution is -2.59. The molecule has 2 aliphatic heterocycles. The van der Waals surface area contributed by atoms with E-state index in [9.17, 15) is 27.6 Å². The van der Waals surface area contributed by atoms with Gasteiger partial charge in [0.2, 0.25) is 27.7 Å². The number of allylic oxidation sites excluding steroid dienone is 1. The summed E-state index contributed by atoms with van der Waals surface area (Å²) in [5.41, 5.74) is -2.35. The van der Waals surface area contributed by atoms with Gasteiger partial charge in [0.05, 0.1) is 17.4 Å². The number of hydrogen-bond acceptors (Lipinski definition) is 10. The Morgan fingerprint density at radius 1 is 1.09 bits per heavy atom. The number of pyridine rings is 1. The second-order valence-corrected chi connectivity index (χ2v) is 19.9. The highest BCUT2D eigenvalue weighted by atomic mass is 32.2. The molecular formula is C43H69N5O9S. The van der Waals surface area contributed by atoms with Gasteiger partial charge < -0.3 is 29.7 Å². The lowest BCUT2D eigenvalue weighted by Gasteiger charge is -2.33. The van der Waals surface area contributed by atoms with Gasteiger partial charge in [-0.3, -0.25) is 19.1 Å². The van der Waals surface area contributed by atoms with Crippen molar-refractivity contribution < 1.29 is 46.1 Å². The number of aromatic nitrogens is 1. The monoisotopic (exact) mass is 831 g/mol. The van der Waals surface area contributed by atoms with Gasteiger partial charge in [-0.2, -0.15) is 0 Å². The first kappa shape index (κ1) is 44.7. The van der Waals surface area contributed by atoms with Crippen molar-refractivity contribution in [3.8, 4) is 11.6 Å². The van der Waals surface area contributed by atoms with Crippen LogP contribution in [0, 0.1) is 17.8 Å². The van der Waals surface area contributed by atoms with Gasteiger partial charge in [0.1, 0.15) is 35.1 Å². The maximum absolute atomic E-state index is 14.8. The van der Waals surface area contributed by atoms with E-state index < -0.39 is 73.8 Å². The van der Waals surface area contributed by atoms with E-state index in [4.69, 9.17) is 14.2 Å². The van der Waals surface area contributed by atoms with Crippen LogP contribution < -0.4 is 24.8 Å². The molecule has 2 aromatic rings.